The molecule has 7 aromatic carbocycles. The zero-order valence-corrected chi connectivity index (χ0v) is 26.1. The molecule has 10 rings (SSSR count). The molecule has 0 amide bonds. The van der Waals surface area contributed by atoms with Gasteiger partial charge in [-0.2, -0.15) is 0 Å². The van der Waals surface area contributed by atoms with Crippen LogP contribution in [0.3, 0.4) is 0 Å². The molecule has 0 saturated heterocycles. The molecule has 0 N–H and O–H groups in total. The molecule has 0 unspecified atom stereocenters. The van der Waals surface area contributed by atoms with Gasteiger partial charge in [0.15, 0.2) is 0 Å². The van der Waals surface area contributed by atoms with E-state index in [0.29, 0.717) is 0 Å². The molecule has 10 aromatic rings. The van der Waals surface area contributed by atoms with E-state index in [2.05, 4.69) is 152 Å². The van der Waals surface area contributed by atoms with E-state index in [9.17, 15) is 0 Å². The van der Waals surface area contributed by atoms with Crippen molar-refractivity contribution in [2.45, 2.75) is 0 Å². The monoisotopic (exact) mass is 614 g/mol. The first-order valence-electron chi connectivity index (χ1n) is 15.9. The molecule has 0 spiro atoms. The first-order chi connectivity index (χ1) is 23.2. The molecule has 3 heterocycles. The Morgan fingerprint density at radius 1 is 0.319 bits per heavy atom. The Hall–Kier alpha value is -5.90. The molecule has 0 aliphatic carbocycles. The second kappa shape index (κ2) is 10.3. The highest BCUT2D eigenvalue weighted by atomic mass is 32.1. The minimum absolute atomic E-state index is 0.928. The second-order valence-electron chi connectivity index (χ2n) is 12.2. The van der Waals surface area contributed by atoms with Crippen LogP contribution in [-0.2, 0) is 0 Å². The maximum atomic E-state index is 5.20. The summed E-state index contributed by atoms with van der Waals surface area (Å²) in [4.78, 5) is 10.3. The lowest BCUT2D eigenvalue weighted by Gasteiger charge is -2.10. The average Bonchev–Trinajstić information content (AvgIpc) is 3.52. The number of benzene rings is 7. The van der Waals surface area contributed by atoms with Crippen molar-refractivity contribution >= 4 is 74.9 Å². The summed E-state index contributed by atoms with van der Waals surface area (Å²) >= 11 is 1.86. The zero-order chi connectivity index (χ0) is 30.9. The summed E-state index contributed by atoms with van der Waals surface area (Å²) in [6, 6.07) is 56.8. The number of nitrogens with zero attached hydrogens (tertiary/aromatic N) is 2. The quantitative estimate of drug-likeness (QED) is 0.185. The lowest BCUT2D eigenvalue weighted by atomic mass is 9.95. The standard InChI is InChI=1S/C44H26N2S/c1-2-6-27(7-3-1)39-21-16-28-10-11-29-17-22-40(46-44(29)43(28)45-39)34-15-20-36-33(25-34)13-12-32-24-30(14-19-35(32)36)31-18-23-42-38(26-31)37-8-4-5-9-41(37)47-42/h1-26H. The molecular formula is C44H26N2S. The van der Waals surface area contributed by atoms with Crippen molar-refractivity contribution in [1.82, 2.24) is 9.97 Å². The van der Waals surface area contributed by atoms with E-state index in [1.165, 1.54) is 52.8 Å². The highest BCUT2D eigenvalue weighted by Gasteiger charge is 2.11. The topological polar surface area (TPSA) is 25.8 Å². The predicted octanol–water partition coefficient (Wildman–Crippen LogP) is 12.5. The van der Waals surface area contributed by atoms with Gasteiger partial charge in [0, 0.05) is 42.1 Å². The van der Waals surface area contributed by atoms with Gasteiger partial charge < -0.3 is 0 Å². The van der Waals surface area contributed by atoms with Gasteiger partial charge >= 0.3 is 0 Å². The molecule has 0 aliphatic rings. The SMILES string of the molecule is c1ccc(-c2ccc3ccc4ccc(-c5ccc6c(ccc7cc(-c8ccc9sc%10ccccc%10c9c8)ccc76)c5)nc4c3n2)cc1. The lowest BCUT2D eigenvalue weighted by molar-refractivity contribution is 1.37. The Kier molecular flexibility index (Phi) is 5.78. The highest BCUT2D eigenvalue weighted by molar-refractivity contribution is 7.25. The van der Waals surface area contributed by atoms with Gasteiger partial charge in [0.05, 0.1) is 22.4 Å². The van der Waals surface area contributed by atoms with E-state index in [-0.39, 0.29) is 0 Å². The molecular weight excluding hydrogens is 589 g/mol. The number of fused-ring (bicyclic) bond motifs is 9. The molecule has 47 heavy (non-hydrogen) atoms. The number of thiophene rings is 1. The molecule has 0 radical (unpaired) electrons. The molecule has 3 heteroatoms. The summed E-state index contributed by atoms with van der Waals surface area (Å²) in [5.74, 6) is 0. The van der Waals surface area contributed by atoms with E-state index in [1.54, 1.807) is 0 Å². The van der Waals surface area contributed by atoms with Crippen LogP contribution < -0.4 is 0 Å². The van der Waals surface area contributed by atoms with Crippen molar-refractivity contribution in [1.29, 1.82) is 0 Å². The van der Waals surface area contributed by atoms with Gasteiger partial charge in [-0.15, -0.1) is 11.3 Å². The van der Waals surface area contributed by atoms with Crippen molar-refractivity contribution in [3.8, 4) is 33.6 Å². The van der Waals surface area contributed by atoms with Gasteiger partial charge in [-0.3, -0.25) is 0 Å². The van der Waals surface area contributed by atoms with Gasteiger partial charge in [0.2, 0.25) is 0 Å². The molecule has 0 aliphatic heterocycles. The fourth-order valence-electron chi connectivity index (χ4n) is 7.01. The Morgan fingerprint density at radius 2 is 0.851 bits per heavy atom. The Balaban J connectivity index is 1.05. The Bertz CT molecular complexity index is 2850. The number of hydrogen-bond acceptors (Lipinski definition) is 3. The summed E-state index contributed by atoms with van der Waals surface area (Å²) in [5, 5.41) is 9.80. The van der Waals surface area contributed by atoms with Crippen LogP contribution in [0.1, 0.15) is 0 Å². The highest BCUT2D eigenvalue weighted by Crippen LogP contribution is 2.38. The molecule has 218 valence electrons. The van der Waals surface area contributed by atoms with Crippen LogP contribution in [0.5, 0.6) is 0 Å². The molecule has 3 aromatic heterocycles. The van der Waals surface area contributed by atoms with Crippen LogP contribution in [0.25, 0.3) is 97.2 Å². The van der Waals surface area contributed by atoms with E-state index < -0.39 is 0 Å². The minimum Gasteiger partial charge on any atom is -0.245 e. The third kappa shape index (κ3) is 4.32. The van der Waals surface area contributed by atoms with Gasteiger partial charge in [-0.1, -0.05) is 115 Å². The number of rotatable bonds is 3. The van der Waals surface area contributed by atoms with Crippen molar-refractivity contribution in [2.24, 2.45) is 0 Å². The summed E-state index contributed by atoms with van der Waals surface area (Å²) in [6.07, 6.45) is 0. The fraction of sp³-hybridized carbons (Fsp3) is 0. The van der Waals surface area contributed by atoms with Gasteiger partial charge in [-0.05, 0) is 75.1 Å². The molecule has 0 saturated carbocycles. The molecule has 0 bridgehead atoms. The minimum atomic E-state index is 0.928. The van der Waals surface area contributed by atoms with Crippen LogP contribution in [0.15, 0.2) is 158 Å². The lowest BCUT2D eigenvalue weighted by Crippen LogP contribution is -1.91. The summed E-state index contributed by atoms with van der Waals surface area (Å²) in [7, 11) is 0. The maximum absolute atomic E-state index is 5.20. The van der Waals surface area contributed by atoms with Crippen molar-refractivity contribution < 1.29 is 0 Å². The van der Waals surface area contributed by atoms with Crippen LogP contribution in [-0.4, -0.2) is 9.97 Å². The third-order valence-electron chi connectivity index (χ3n) is 9.43. The fourth-order valence-corrected chi connectivity index (χ4v) is 8.10. The third-order valence-corrected chi connectivity index (χ3v) is 10.6. The Morgan fingerprint density at radius 3 is 1.60 bits per heavy atom. The largest absolute Gasteiger partial charge is 0.245 e. The zero-order valence-electron chi connectivity index (χ0n) is 25.3. The summed E-state index contributed by atoms with van der Waals surface area (Å²) in [5.41, 5.74) is 8.46. The number of hydrogen-bond donors (Lipinski definition) is 0. The molecule has 0 atom stereocenters. The van der Waals surface area contributed by atoms with Gasteiger partial charge in [0.25, 0.3) is 0 Å². The van der Waals surface area contributed by atoms with E-state index in [1.807, 2.05) is 17.4 Å². The van der Waals surface area contributed by atoms with Gasteiger partial charge in [0.1, 0.15) is 0 Å². The summed E-state index contributed by atoms with van der Waals surface area (Å²) < 4.78 is 2.67. The van der Waals surface area contributed by atoms with Crippen LogP contribution in [0.2, 0.25) is 0 Å². The van der Waals surface area contributed by atoms with Crippen molar-refractivity contribution in [3.05, 3.63) is 158 Å². The average molecular weight is 615 g/mol. The van der Waals surface area contributed by atoms with Gasteiger partial charge in [-0.25, -0.2) is 9.97 Å². The second-order valence-corrected chi connectivity index (χ2v) is 13.3. The number of aromatic nitrogens is 2. The number of pyridine rings is 2. The van der Waals surface area contributed by atoms with E-state index >= 15 is 0 Å². The van der Waals surface area contributed by atoms with Crippen LogP contribution in [0.4, 0.5) is 0 Å². The molecule has 2 nitrogen and oxygen atoms in total. The van der Waals surface area contributed by atoms with Crippen LogP contribution in [0, 0.1) is 0 Å². The first-order valence-corrected chi connectivity index (χ1v) is 16.7. The van der Waals surface area contributed by atoms with E-state index in [4.69, 9.17) is 9.97 Å². The molecule has 0 fully saturated rings. The van der Waals surface area contributed by atoms with Crippen molar-refractivity contribution in [3.63, 3.8) is 0 Å². The smallest absolute Gasteiger partial charge is 0.0972 e. The normalized spacial score (nSPS) is 11.8. The maximum Gasteiger partial charge on any atom is 0.0972 e. The van der Waals surface area contributed by atoms with Crippen molar-refractivity contribution in [2.75, 3.05) is 0 Å². The predicted molar refractivity (Wildman–Crippen MR) is 201 cm³/mol. The Labute approximate surface area is 275 Å². The van der Waals surface area contributed by atoms with E-state index in [0.717, 1.165) is 44.3 Å². The van der Waals surface area contributed by atoms with Crippen LogP contribution >= 0.6 is 11.3 Å². The summed E-state index contributed by atoms with van der Waals surface area (Å²) in [6.45, 7) is 0. The first kappa shape index (κ1) is 26.3.